The molecule has 7 atom stereocenters. The first-order valence-corrected chi connectivity index (χ1v) is 56.9. The van der Waals surface area contributed by atoms with Crippen LogP contribution in [0.3, 0.4) is 0 Å². The van der Waals surface area contributed by atoms with Gasteiger partial charge in [0, 0.05) is 116 Å². The molecule has 0 radical (unpaired) electrons. The van der Waals surface area contributed by atoms with Gasteiger partial charge >= 0.3 is 0 Å². The van der Waals surface area contributed by atoms with E-state index in [-0.39, 0.29) is 146 Å². The van der Waals surface area contributed by atoms with Crippen LogP contribution in [0.1, 0.15) is 426 Å². The van der Waals surface area contributed by atoms with Crippen molar-refractivity contribution in [3.63, 3.8) is 0 Å². The molecule has 7 unspecified atom stereocenters. The van der Waals surface area contributed by atoms with Gasteiger partial charge in [-0.25, -0.2) is 0 Å². The van der Waals surface area contributed by atoms with E-state index in [1.54, 1.807) is 0 Å². The van der Waals surface area contributed by atoms with E-state index in [9.17, 15) is 57.5 Å². The van der Waals surface area contributed by atoms with Gasteiger partial charge in [-0.05, 0) is 377 Å². The van der Waals surface area contributed by atoms with Gasteiger partial charge in [0.2, 0.25) is 46.3 Å². The highest BCUT2D eigenvalue weighted by molar-refractivity contribution is 6.57. The fourth-order valence-corrected chi connectivity index (χ4v) is 26.6. The van der Waals surface area contributed by atoms with Crippen molar-refractivity contribution in [2.75, 3.05) is 0 Å². The van der Waals surface area contributed by atoms with Crippen LogP contribution in [0.2, 0.25) is 0 Å². The van der Waals surface area contributed by atoms with E-state index in [1.807, 2.05) is 111 Å². The largest absolute Gasteiger partial charge is 0.294 e. The fraction of sp³-hybridized carbons (Fsp3) is 0.500. The first-order chi connectivity index (χ1) is 70.7. The molecule has 8 aromatic carbocycles. The van der Waals surface area contributed by atoms with Crippen molar-refractivity contribution in [3.05, 3.63) is 303 Å². The topological polar surface area (TPSA) is 205 Å². The lowest BCUT2D eigenvalue weighted by Gasteiger charge is -2.28. The van der Waals surface area contributed by atoms with Crippen molar-refractivity contribution in [2.24, 2.45) is 82.3 Å². The molecule has 6 fully saturated rings. The number of aryl methyl sites for hydroxylation is 8. The Bertz CT molecular complexity index is 6450. The Labute approximate surface area is 883 Å². The third kappa shape index (κ3) is 25.5. The van der Waals surface area contributed by atoms with E-state index in [4.69, 9.17) is 0 Å². The van der Waals surface area contributed by atoms with E-state index < -0.39 is 5.78 Å². The van der Waals surface area contributed by atoms with E-state index in [0.717, 1.165) is 275 Å². The number of carbonyl (C=O) groups is 12. The van der Waals surface area contributed by atoms with Crippen LogP contribution in [0.4, 0.5) is 0 Å². The smallest absolute Gasteiger partial charge is 0.229 e. The normalized spacial score (nSPS) is 23.4. The molecule has 0 saturated heterocycles. The summed E-state index contributed by atoms with van der Waals surface area (Å²) in [6.07, 6.45) is 37.4. The quantitative estimate of drug-likeness (QED) is 0.0278. The molecule has 0 N–H and O–H groups in total. The number of benzene rings is 8. The summed E-state index contributed by atoms with van der Waals surface area (Å²) >= 11 is 0. The summed E-state index contributed by atoms with van der Waals surface area (Å²) < 4.78 is 0. The molecule has 0 aromatic heterocycles. The summed E-state index contributed by atoms with van der Waals surface area (Å²) in [4.78, 5) is 160. The Morgan fingerprint density at radius 2 is 0.574 bits per heavy atom. The lowest BCUT2D eigenvalue weighted by Crippen LogP contribution is -2.31. The molecule has 10 aliphatic carbocycles. The van der Waals surface area contributed by atoms with Crippen molar-refractivity contribution in [1.29, 1.82) is 0 Å². The fourth-order valence-electron chi connectivity index (χ4n) is 26.6. The first-order valence-electron chi connectivity index (χ1n) is 56.9. The molecule has 0 heterocycles. The lowest BCUT2D eigenvalue weighted by atomic mass is 9.75. The summed E-state index contributed by atoms with van der Waals surface area (Å²) in [5.74, 6) is 0.421. The minimum atomic E-state index is -0.398. The summed E-state index contributed by atoms with van der Waals surface area (Å²) in [7, 11) is 0. The van der Waals surface area contributed by atoms with Crippen LogP contribution in [0, 0.1) is 138 Å². The Morgan fingerprint density at radius 3 is 0.824 bits per heavy atom. The third-order valence-electron chi connectivity index (χ3n) is 36.1. The molecular weight excluding hydrogens is 1830 g/mol. The zero-order chi connectivity index (χ0) is 106. The zero-order valence-electron chi connectivity index (χ0n) is 92.3. The average molecular weight is 1990 g/mol. The van der Waals surface area contributed by atoms with Gasteiger partial charge in [-0.3, -0.25) is 57.5 Å². The highest BCUT2D eigenvalue weighted by atomic mass is 16.2. The number of carbonyl (C=O) groups excluding carboxylic acids is 12. The molecule has 0 aliphatic heterocycles. The molecule has 780 valence electrons. The van der Waals surface area contributed by atoms with Gasteiger partial charge in [0.05, 0.1) is 0 Å². The van der Waals surface area contributed by atoms with Crippen molar-refractivity contribution in [1.82, 2.24) is 0 Å². The monoisotopic (exact) mass is 1990 g/mol. The summed E-state index contributed by atoms with van der Waals surface area (Å²) in [6, 6.07) is 51.2. The first kappa shape index (κ1) is 111. The molecule has 12 nitrogen and oxygen atoms in total. The maximum Gasteiger partial charge on any atom is 0.229 e. The van der Waals surface area contributed by atoms with Crippen LogP contribution in [0.5, 0.6) is 0 Å². The van der Waals surface area contributed by atoms with Gasteiger partial charge < -0.3 is 0 Å². The van der Waals surface area contributed by atoms with Gasteiger partial charge in [0.15, 0.2) is 23.1 Å². The van der Waals surface area contributed by atoms with E-state index in [0.29, 0.717) is 58.8 Å². The van der Waals surface area contributed by atoms with Gasteiger partial charge in [-0.15, -0.1) is 0 Å². The van der Waals surface area contributed by atoms with Crippen LogP contribution in [-0.2, 0) is 64.0 Å². The molecule has 18 rings (SSSR count). The average Bonchev–Trinajstić information content (AvgIpc) is 1.62. The minimum absolute atomic E-state index is 0.0278. The second kappa shape index (κ2) is 48.8. The molecule has 6 saturated carbocycles. The maximum absolute atomic E-state index is 13.7. The molecule has 148 heavy (non-hydrogen) atoms. The number of hydrogen-bond acceptors (Lipinski definition) is 12. The Kier molecular flexibility index (Phi) is 36.6. The van der Waals surface area contributed by atoms with Crippen LogP contribution in [0.15, 0.2) is 170 Å². The van der Waals surface area contributed by atoms with Gasteiger partial charge in [0.1, 0.15) is 0 Å². The highest BCUT2D eigenvalue weighted by Gasteiger charge is 2.46. The van der Waals surface area contributed by atoms with Gasteiger partial charge in [-0.1, -0.05) is 270 Å². The second-order valence-electron chi connectivity index (χ2n) is 47.9. The molecular formula is C136H164O12. The molecule has 10 aliphatic rings. The molecule has 12 heteroatoms. The lowest BCUT2D eigenvalue weighted by molar-refractivity contribution is -0.137. The van der Waals surface area contributed by atoms with E-state index in [1.165, 1.54) is 44.5 Å². The number of ketones is 12. The number of fused-ring (bicyclic) bond motifs is 4. The molecule has 0 bridgehead atoms. The molecule has 0 spiro atoms. The Morgan fingerprint density at radius 1 is 0.304 bits per heavy atom. The summed E-state index contributed by atoms with van der Waals surface area (Å²) in [5.41, 5.74) is 26.8. The Balaban J connectivity index is 0.000000148. The van der Waals surface area contributed by atoms with Crippen molar-refractivity contribution in [2.45, 2.75) is 354 Å². The van der Waals surface area contributed by atoms with Crippen molar-refractivity contribution >= 4 is 91.7 Å². The maximum atomic E-state index is 13.7. The summed E-state index contributed by atoms with van der Waals surface area (Å²) in [6.45, 7) is 38.9. The Hall–Kier alpha value is -11.2. The van der Waals surface area contributed by atoms with Crippen molar-refractivity contribution < 1.29 is 57.5 Å². The number of rotatable bonds is 33. The van der Waals surface area contributed by atoms with Crippen LogP contribution >= 0.6 is 0 Å². The highest BCUT2D eigenvalue weighted by Crippen LogP contribution is 2.50. The minimum Gasteiger partial charge on any atom is -0.294 e. The van der Waals surface area contributed by atoms with Crippen LogP contribution in [0.25, 0.3) is 22.3 Å². The number of Topliss-reactive ketones (excluding diaryl/α,β-unsaturated/α-hetero) is 12. The van der Waals surface area contributed by atoms with Gasteiger partial charge in [0.25, 0.3) is 0 Å². The van der Waals surface area contributed by atoms with E-state index >= 15 is 0 Å². The molecule has 0 amide bonds. The van der Waals surface area contributed by atoms with Gasteiger partial charge in [-0.2, -0.15) is 0 Å². The third-order valence-corrected chi connectivity index (χ3v) is 36.1. The van der Waals surface area contributed by atoms with E-state index in [2.05, 4.69) is 191 Å². The predicted octanol–water partition coefficient (Wildman–Crippen LogP) is 31.2. The van der Waals surface area contributed by atoms with Crippen LogP contribution in [-0.4, -0.2) is 69.4 Å². The van der Waals surface area contributed by atoms with Crippen LogP contribution < -0.4 is 0 Å². The SMILES string of the molecule is CCC(C(=O)C(=O)C1=CC(C)c2cc(C)c(C(=O)C3CCC(Cc4ccc(C)cc4)CC3)cc21)C(C)C.CCCC(CC)C(=O)C(=O)C1=CC(C)c2cc(C)c(C(=O)C3CCC(Cc4ccc(C)cc4)CC3)cc21.Cc1ccc(CC2CCC(C(=O)c3cc4c(cc3C)C(C)C=C4C(=O)C(=O)C3CCCC3(C)C)CC2)cc1.Cc1ccc(CC2CCC(C(=O)c3cc4c(cc3C)C(C)C=C4C(=O)C(=O)C3CCCC3)CC2)cc1. The standard InChI is InChI=1S/C35H42O3.2C34H42O3.C33H38O3/c1-21-8-10-24(11-9-21)19-25-12-14-26(15-13-25)32(36)28-20-29-27(17-23(28)3)22(2)18-30(29)33(37)34(38)31-7-6-16-35(31,4)5;1-7-27(20(2)3)33(36)34(37)31-17-22(5)28-16-23(6)29(19-30(28)31)32(35)26-14-12-25(13-15-26)18-24-10-8-21(4)9-11-24;1-6-8-26(7-2)33(36)34(37)31-18-22(4)28-17-23(5)29(20-30(28)31)32(35)27-15-13-25(14-16-27)19-24-11-9-21(3)10-12-24;1-20-8-10-23(11-9-20)18-24-12-14-26(15-13-24)31(34)28-19-29-27(16-22(28)3)21(2)17-30(29)33(36)32(35)25-6-4-5-7-25/h8-11,17-18,20,22,25-26,31H,6-7,12-16,19H2,1-5H3;8-11,16-17,19-20,22,25-27H,7,12-15,18H2,1-6H3;9-12,17-18,20,22,25-27H,6-8,13-16,19H2,1-5H3;8-11,16-17,19,21,24-26H,4-7,12-15,18H2,1-3H3. The molecule has 8 aromatic rings. The second-order valence-corrected chi connectivity index (χ2v) is 47.9. The predicted molar refractivity (Wildman–Crippen MR) is 599 cm³/mol. The number of allylic oxidation sites excluding steroid dienone is 8. The zero-order valence-corrected chi connectivity index (χ0v) is 92.3. The van der Waals surface area contributed by atoms with Crippen molar-refractivity contribution in [3.8, 4) is 0 Å². The summed E-state index contributed by atoms with van der Waals surface area (Å²) in [5, 5.41) is 0. The number of hydrogen-bond donors (Lipinski definition) is 0.